The molecule has 0 aromatic heterocycles. The highest BCUT2D eigenvalue weighted by Gasteiger charge is 2.30. The lowest BCUT2D eigenvalue weighted by molar-refractivity contribution is 0.394. The number of rotatable bonds is 11. The molecule has 3 N–H and O–H groups in total. The first-order valence-corrected chi connectivity index (χ1v) is 17.9. The number of aromatic hydroxyl groups is 2. The van der Waals surface area contributed by atoms with Crippen molar-refractivity contribution in [3.05, 3.63) is 110 Å². The van der Waals surface area contributed by atoms with Gasteiger partial charge in [0.25, 0.3) is 0 Å². The van der Waals surface area contributed by atoms with Crippen LogP contribution < -0.4 is 4.72 Å². The Labute approximate surface area is 274 Å². The van der Waals surface area contributed by atoms with Crippen molar-refractivity contribution in [3.8, 4) is 11.5 Å². The summed E-state index contributed by atoms with van der Waals surface area (Å²) >= 11 is 25.5. The van der Waals surface area contributed by atoms with Crippen LogP contribution in [0.2, 0.25) is 20.1 Å². The number of nitrogens with one attached hydrogen (secondary N) is 1. The summed E-state index contributed by atoms with van der Waals surface area (Å²) in [6, 6.07) is 18.6. The van der Waals surface area contributed by atoms with Gasteiger partial charge in [0.05, 0.1) is 10.0 Å². The average molecular weight is 723 g/mol. The molecule has 15 heteroatoms. The Morgan fingerprint density at radius 3 is 1.86 bits per heavy atom. The quantitative estimate of drug-likeness (QED) is 0.139. The molecule has 0 amide bonds. The smallest absolute Gasteiger partial charge is 0.247 e. The van der Waals surface area contributed by atoms with Crippen LogP contribution in [-0.2, 0) is 39.7 Å². The number of halogens is 4. The Morgan fingerprint density at radius 2 is 1.26 bits per heavy atom. The lowest BCUT2D eigenvalue weighted by Crippen LogP contribution is -2.30. The predicted octanol–water partition coefficient (Wildman–Crippen LogP) is 7.30. The van der Waals surface area contributed by atoms with E-state index < -0.39 is 41.3 Å². The number of benzene rings is 4. The number of phenolic OH excluding ortho intramolecular Hbond substituents is 2. The van der Waals surface area contributed by atoms with E-state index in [9.17, 15) is 27.0 Å². The maximum absolute atomic E-state index is 13.9. The highest BCUT2D eigenvalue weighted by Crippen LogP contribution is 2.37. The van der Waals surface area contributed by atoms with E-state index in [4.69, 9.17) is 46.4 Å². The molecule has 0 saturated carbocycles. The van der Waals surface area contributed by atoms with Crippen LogP contribution in [0.5, 0.6) is 11.5 Å². The topological polar surface area (TPSA) is 124 Å². The molecule has 0 saturated heterocycles. The molecule has 228 valence electrons. The zero-order chi connectivity index (χ0) is 31.5. The second-order valence-corrected chi connectivity index (χ2v) is 15.4. The number of nitrogens with zero attached hydrogens (tertiary/aromatic N) is 1. The molecule has 8 nitrogen and oxygen atoms in total. The van der Waals surface area contributed by atoms with E-state index in [2.05, 4.69) is 4.72 Å². The normalized spacial score (nSPS) is 12.1. The lowest BCUT2D eigenvalue weighted by atomic mass is 10.1. The monoisotopic (exact) mass is 720 g/mol. The van der Waals surface area contributed by atoms with Gasteiger partial charge in [-0.15, -0.1) is 11.8 Å². The molecular weight excluding hydrogens is 698 g/mol. The summed E-state index contributed by atoms with van der Waals surface area (Å²) in [5.74, 6) is -1.26. The van der Waals surface area contributed by atoms with Crippen LogP contribution in [0.25, 0.3) is 0 Å². The second-order valence-electron chi connectivity index (χ2n) is 9.23. The molecule has 43 heavy (non-hydrogen) atoms. The summed E-state index contributed by atoms with van der Waals surface area (Å²) < 4.78 is 57.1. The fourth-order valence-corrected chi connectivity index (χ4v) is 8.43. The maximum atomic E-state index is 13.9. The Bertz CT molecular complexity index is 1870. The van der Waals surface area contributed by atoms with Gasteiger partial charge >= 0.3 is 0 Å². The van der Waals surface area contributed by atoms with Gasteiger partial charge < -0.3 is 10.2 Å². The largest absolute Gasteiger partial charge is 0.505 e. The van der Waals surface area contributed by atoms with E-state index >= 15 is 0 Å². The van der Waals surface area contributed by atoms with Crippen molar-refractivity contribution in [1.82, 2.24) is 9.03 Å². The Hall–Kier alpha value is -2.19. The molecular formula is C28H24Cl4N2O6S3. The third-order valence-electron chi connectivity index (χ3n) is 6.23. The molecule has 0 atom stereocenters. The maximum Gasteiger partial charge on any atom is 0.247 e. The molecule has 0 fully saturated rings. The van der Waals surface area contributed by atoms with Crippen molar-refractivity contribution in [2.24, 2.45) is 0 Å². The molecule has 0 heterocycles. The van der Waals surface area contributed by atoms with Crippen LogP contribution in [0.4, 0.5) is 0 Å². The van der Waals surface area contributed by atoms with Crippen LogP contribution in [0.15, 0.2) is 87.5 Å². The van der Waals surface area contributed by atoms with Crippen molar-refractivity contribution < 1.29 is 27.0 Å². The molecule has 0 bridgehead atoms. The molecule has 4 aromatic rings. The van der Waals surface area contributed by atoms with Gasteiger partial charge in [-0.2, -0.15) is 4.31 Å². The molecule has 4 rings (SSSR count). The number of hydrogen-bond acceptors (Lipinski definition) is 7. The van der Waals surface area contributed by atoms with E-state index in [0.717, 1.165) is 21.3 Å². The number of thioether (sulfide) groups is 1. The fourth-order valence-electron chi connectivity index (χ4n) is 4.08. The van der Waals surface area contributed by atoms with Gasteiger partial charge in [0.15, 0.2) is 11.5 Å². The lowest BCUT2D eigenvalue weighted by Gasteiger charge is -2.24. The predicted molar refractivity (Wildman–Crippen MR) is 171 cm³/mol. The van der Waals surface area contributed by atoms with Crippen molar-refractivity contribution in [3.63, 3.8) is 0 Å². The molecule has 0 aliphatic heterocycles. The fraction of sp³-hybridized carbons (Fsp3) is 0.143. The van der Waals surface area contributed by atoms with Crippen molar-refractivity contribution in [2.45, 2.75) is 34.3 Å². The van der Waals surface area contributed by atoms with Gasteiger partial charge in [0, 0.05) is 34.6 Å². The van der Waals surface area contributed by atoms with Crippen LogP contribution >= 0.6 is 58.2 Å². The SMILES string of the molecule is CSc1ccc(CN(Cc2cccc(CNS(=O)(=O)c3cc(Cl)cc(Cl)c3O)c2)S(=O)(=O)c2cc(Cl)cc(Cl)c2O)cc1. The summed E-state index contributed by atoms with van der Waals surface area (Å²) in [6.07, 6.45) is 1.93. The third kappa shape index (κ3) is 8.10. The summed E-state index contributed by atoms with van der Waals surface area (Å²) in [5.41, 5.74) is 1.73. The minimum absolute atomic E-state index is 0.0292. The van der Waals surface area contributed by atoms with Crippen molar-refractivity contribution in [1.29, 1.82) is 0 Å². The number of sulfonamides is 2. The Morgan fingerprint density at radius 1 is 0.721 bits per heavy atom. The molecule has 0 unspecified atom stereocenters. The van der Waals surface area contributed by atoms with E-state index in [-0.39, 0.29) is 39.7 Å². The summed E-state index contributed by atoms with van der Waals surface area (Å²) in [4.78, 5) is 0.0708. The van der Waals surface area contributed by atoms with Gasteiger partial charge in [0.2, 0.25) is 20.0 Å². The Kier molecular flexibility index (Phi) is 10.9. The van der Waals surface area contributed by atoms with Gasteiger partial charge in [-0.25, -0.2) is 21.6 Å². The van der Waals surface area contributed by atoms with E-state index in [1.54, 1.807) is 36.0 Å². The summed E-state index contributed by atoms with van der Waals surface area (Å²) in [5, 5.41) is 20.3. The van der Waals surface area contributed by atoms with Crippen molar-refractivity contribution >= 4 is 78.2 Å². The molecule has 0 spiro atoms. The van der Waals surface area contributed by atoms with Gasteiger partial charge in [-0.3, -0.25) is 0 Å². The number of hydrogen-bond donors (Lipinski definition) is 3. The molecule has 0 aliphatic carbocycles. The van der Waals surface area contributed by atoms with E-state index in [1.165, 1.54) is 12.1 Å². The van der Waals surface area contributed by atoms with Gasteiger partial charge in [-0.1, -0.05) is 82.8 Å². The second kappa shape index (κ2) is 13.8. The summed E-state index contributed by atoms with van der Waals surface area (Å²) in [6.45, 7) is -0.374. The minimum atomic E-state index is -4.34. The first kappa shape index (κ1) is 33.7. The highest BCUT2D eigenvalue weighted by molar-refractivity contribution is 7.98. The van der Waals surface area contributed by atoms with Crippen LogP contribution in [0.1, 0.15) is 16.7 Å². The molecule has 0 radical (unpaired) electrons. The molecule has 4 aromatic carbocycles. The van der Waals surface area contributed by atoms with Crippen LogP contribution in [-0.4, -0.2) is 37.6 Å². The number of phenols is 2. The van der Waals surface area contributed by atoms with Gasteiger partial charge in [0.1, 0.15) is 9.79 Å². The first-order chi connectivity index (χ1) is 20.2. The van der Waals surface area contributed by atoms with Gasteiger partial charge in [-0.05, 0) is 59.3 Å². The van der Waals surface area contributed by atoms with E-state index in [1.807, 2.05) is 30.5 Å². The standard InChI is InChI=1S/C28H24Cl4N2O6S3/c1-41-22-7-5-17(6-8-22)15-34(43(39,40)26-13-21(30)11-24(32)28(26)36)16-19-4-2-3-18(9-19)14-33-42(37,38)25-12-20(29)10-23(31)27(25)35/h2-13,33,35-36H,14-16H2,1H3. The minimum Gasteiger partial charge on any atom is -0.505 e. The Balaban J connectivity index is 1.64. The average Bonchev–Trinajstić information content (AvgIpc) is 2.96. The van der Waals surface area contributed by atoms with Crippen molar-refractivity contribution in [2.75, 3.05) is 6.26 Å². The third-order valence-corrected chi connectivity index (χ3v) is 11.2. The summed E-state index contributed by atoms with van der Waals surface area (Å²) in [7, 11) is -8.56. The van der Waals surface area contributed by atoms with Crippen LogP contribution in [0, 0.1) is 0 Å². The zero-order valence-corrected chi connectivity index (χ0v) is 27.7. The van der Waals surface area contributed by atoms with Crippen LogP contribution in [0.3, 0.4) is 0 Å². The molecule has 0 aliphatic rings. The zero-order valence-electron chi connectivity index (χ0n) is 22.3. The van der Waals surface area contributed by atoms with E-state index in [0.29, 0.717) is 16.7 Å². The first-order valence-electron chi connectivity index (χ1n) is 12.3. The highest BCUT2D eigenvalue weighted by atomic mass is 35.5.